The molecule has 3 aromatic carbocycles. The van der Waals surface area contributed by atoms with Gasteiger partial charge in [0.1, 0.15) is 5.54 Å². The first-order valence-corrected chi connectivity index (χ1v) is 15.0. The molecule has 5 rings (SSSR count). The Morgan fingerprint density at radius 2 is 1.75 bits per heavy atom. The van der Waals surface area contributed by atoms with Crippen molar-refractivity contribution in [3.05, 3.63) is 76.9 Å². The molecular weight excluding hydrogens is 569 g/mol. The Labute approximate surface area is 255 Å². The zero-order valence-electron chi connectivity index (χ0n) is 25.0. The number of hydrogen-bond donors (Lipinski definition) is 1. The van der Waals surface area contributed by atoms with Crippen LogP contribution in [0.5, 0.6) is 0 Å². The highest BCUT2D eigenvalue weighted by molar-refractivity contribution is 6.11. The van der Waals surface area contributed by atoms with E-state index < -0.39 is 23.2 Å². The molecule has 7 nitrogen and oxygen atoms in total. The van der Waals surface area contributed by atoms with E-state index in [0.29, 0.717) is 38.4 Å². The zero-order valence-corrected chi connectivity index (χ0v) is 25.0. The first kappa shape index (κ1) is 31.5. The number of carbonyl (C=O) groups is 2. The van der Waals surface area contributed by atoms with Crippen molar-refractivity contribution in [1.29, 1.82) is 0 Å². The lowest BCUT2D eigenvalue weighted by molar-refractivity contribution is -0.139. The van der Waals surface area contributed by atoms with Crippen LogP contribution in [0.1, 0.15) is 48.9 Å². The van der Waals surface area contributed by atoms with E-state index in [9.17, 15) is 22.8 Å². The molecule has 1 fully saturated rings. The Balaban J connectivity index is 1.57. The van der Waals surface area contributed by atoms with Gasteiger partial charge in [0.15, 0.2) is 0 Å². The maximum absolute atomic E-state index is 14.8. The summed E-state index contributed by atoms with van der Waals surface area (Å²) >= 11 is 0. The number of carbonyl (C=O) groups excluding carboxylic acids is 2. The summed E-state index contributed by atoms with van der Waals surface area (Å²) in [6, 6.07) is 15.0. The Bertz CT molecular complexity index is 1600. The summed E-state index contributed by atoms with van der Waals surface area (Å²) in [6.45, 7) is 8.07. The third-order valence-corrected chi connectivity index (χ3v) is 8.49. The fraction of sp³-hybridized carbons (Fsp3) is 0.412. The summed E-state index contributed by atoms with van der Waals surface area (Å²) in [7, 11) is 0. The van der Waals surface area contributed by atoms with Gasteiger partial charge in [-0.25, -0.2) is 0 Å². The highest BCUT2D eigenvalue weighted by Gasteiger charge is 2.54. The largest absolute Gasteiger partial charge is 0.416 e. The third-order valence-electron chi connectivity index (χ3n) is 8.49. The van der Waals surface area contributed by atoms with Crippen LogP contribution >= 0.6 is 0 Å². The van der Waals surface area contributed by atoms with Gasteiger partial charge >= 0.3 is 6.18 Å². The number of morpholine rings is 1. The normalized spacial score (nSPS) is 18.5. The lowest BCUT2D eigenvalue weighted by Crippen LogP contribution is -2.50. The summed E-state index contributed by atoms with van der Waals surface area (Å²) in [5.41, 5.74) is 4.08. The summed E-state index contributed by atoms with van der Waals surface area (Å²) in [4.78, 5) is 31.9. The predicted molar refractivity (Wildman–Crippen MR) is 164 cm³/mol. The van der Waals surface area contributed by atoms with Crippen LogP contribution in [0, 0.1) is 11.8 Å². The second kappa shape index (κ2) is 13.0. The minimum absolute atomic E-state index is 0.0657. The number of amides is 2. The van der Waals surface area contributed by atoms with Crippen LogP contribution in [0.15, 0.2) is 54.6 Å². The number of benzene rings is 3. The summed E-state index contributed by atoms with van der Waals surface area (Å²) in [5, 5.41) is 1.66. The Hall–Kier alpha value is -3.91. The van der Waals surface area contributed by atoms with Gasteiger partial charge < -0.3 is 25.2 Å². The smallest absolute Gasteiger partial charge is 0.378 e. The fourth-order valence-electron chi connectivity index (χ4n) is 5.99. The molecule has 1 atom stereocenters. The van der Waals surface area contributed by atoms with E-state index in [2.05, 4.69) is 16.7 Å². The third kappa shape index (κ3) is 6.18. The average molecular weight is 607 g/mol. The second-order valence-corrected chi connectivity index (χ2v) is 11.1. The Morgan fingerprint density at radius 1 is 1.05 bits per heavy atom. The first-order valence-electron chi connectivity index (χ1n) is 15.0. The van der Waals surface area contributed by atoms with Gasteiger partial charge in [-0.15, -0.1) is 0 Å². The summed E-state index contributed by atoms with van der Waals surface area (Å²) in [6.07, 6.45) is -4.45. The highest BCUT2D eigenvalue weighted by Crippen LogP contribution is 2.49. The molecule has 2 heterocycles. The van der Waals surface area contributed by atoms with Crippen LogP contribution in [0.4, 0.5) is 18.9 Å². The van der Waals surface area contributed by atoms with Crippen molar-refractivity contribution in [1.82, 2.24) is 9.80 Å². The number of alkyl halides is 3. The highest BCUT2D eigenvalue weighted by atomic mass is 19.4. The molecule has 0 aromatic heterocycles. The van der Waals surface area contributed by atoms with Gasteiger partial charge in [0, 0.05) is 50.1 Å². The van der Waals surface area contributed by atoms with E-state index in [1.165, 1.54) is 11.0 Å². The number of ether oxygens (including phenoxy) is 1. The second-order valence-electron chi connectivity index (χ2n) is 11.1. The lowest BCUT2D eigenvalue weighted by atomic mass is 9.81. The molecule has 0 saturated carbocycles. The van der Waals surface area contributed by atoms with E-state index in [-0.39, 0.29) is 42.1 Å². The Kier molecular flexibility index (Phi) is 9.30. The summed E-state index contributed by atoms with van der Waals surface area (Å²) in [5.74, 6) is 5.02. The van der Waals surface area contributed by atoms with E-state index in [0.717, 1.165) is 29.9 Å². The van der Waals surface area contributed by atoms with Gasteiger partial charge in [-0.3, -0.25) is 9.59 Å². The standard InChI is InChI=1S/C34H37F3N4O3/c1-3-39(4-2)15-16-41-29-22-24(9-5-8-12-30(42)40-17-19-44-20-18-40)21-28(34(35,36)37)31(29)33(38,32(41)43)27-14-13-25-10-6-7-11-26(25)23-27/h6-7,10-11,13-14,21-23H,3-4,8,12,15-20,38H2,1-2H3. The number of nitrogens with zero attached hydrogens (tertiary/aromatic N) is 3. The van der Waals surface area contributed by atoms with Gasteiger partial charge in [-0.05, 0) is 47.6 Å². The molecule has 0 radical (unpaired) electrons. The molecule has 2 amide bonds. The van der Waals surface area contributed by atoms with Crippen molar-refractivity contribution >= 4 is 28.3 Å². The van der Waals surface area contributed by atoms with Crippen molar-refractivity contribution in [3.8, 4) is 11.8 Å². The Morgan fingerprint density at radius 3 is 2.43 bits per heavy atom. The quantitative estimate of drug-likeness (QED) is 0.375. The number of nitrogens with two attached hydrogens (primary N) is 1. The monoisotopic (exact) mass is 606 g/mol. The zero-order chi connectivity index (χ0) is 31.5. The average Bonchev–Trinajstić information content (AvgIpc) is 3.25. The van der Waals surface area contributed by atoms with Gasteiger partial charge in [0.05, 0.1) is 24.5 Å². The van der Waals surface area contributed by atoms with Crippen molar-refractivity contribution in [2.75, 3.05) is 57.4 Å². The SMILES string of the molecule is CCN(CC)CCN1C(=O)C(N)(c2ccc3ccccc3c2)c2c1cc(C#CCCC(=O)N1CCOCC1)cc2C(F)(F)F. The van der Waals surface area contributed by atoms with Crippen LogP contribution in [-0.2, 0) is 26.0 Å². The van der Waals surface area contributed by atoms with Crippen molar-refractivity contribution in [3.63, 3.8) is 0 Å². The molecule has 2 N–H and O–H groups in total. The number of fused-ring (bicyclic) bond motifs is 2. The van der Waals surface area contributed by atoms with Crippen LogP contribution in [-0.4, -0.2) is 74.1 Å². The number of likely N-dealkylation sites (N-methyl/N-ethyl adjacent to an activating group) is 1. The molecule has 2 aliphatic heterocycles. The molecule has 2 aliphatic rings. The molecule has 1 saturated heterocycles. The van der Waals surface area contributed by atoms with Crippen molar-refractivity contribution in [2.45, 2.75) is 38.4 Å². The van der Waals surface area contributed by atoms with Crippen LogP contribution in [0.2, 0.25) is 0 Å². The molecule has 0 bridgehead atoms. The molecule has 44 heavy (non-hydrogen) atoms. The van der Waals surface area contributed by atoms with Gasteiger partial charge in [0.2, 0.25) is 5.91 Å². The van der Waals surface area contributed by atoms with Crippen molar-refractivity contribution in [2.24, 2.45) is 5.73 Å². The fourth-order valence-corrected chi connectivity index (χ4v) is 5.99. The van der Waals surface area contributed by atoms with Gasteiger partial charge in [-0.2, -0.15) is 13.2 Å². The van der Waals surface area contributed by atoms with Crippen LogP contribution in [0.3, 0.4) is 0 Å². The molecule has 3 aromatic rings. The lowest BCUT2D eigenvalue weighted by Gasteiger charge is -2.27. The van der Waals surface area contributed by atoms with E-state index in [1.54, 1.807) is 23.1 Å². The molecule has 0 aliphatic carbocycles. The number of halogens is 3. The van der Waals surface area contributed by atoms with Gasteiger partial charge in [-0.1, -0.05) is 62.1 Å². The summed E-state index contributed by atoms with van der Waals surface area (Å²) < 4.78 is 49.7. The maximum atomic E-state index is 14.8. The maximum Gasteiger partial charge on any atom is 0.416 e. The molecular formula is C34H37F3N4O3. The first-order chi connectivity index (χ1) is 21.1. The van der Waals surface area contributed by atoms with Gasteiger partial charge in [0.25, 0.3) is 5.91 Å². The predicted octanol–water partition coefficient (Wildman–Crippen LogP) is 4.74. The molecule has 232 valence electrons. The van der Waals surface area contributed by atoms with E-state index in [4.69, 9.17) is 10.5 Å². The minimum Gasteiger partial charge on any atom is -0.378 e. The number of hydrogen-bond acceptors (Lipinski definition) is 5. The van der Waals surface area contributed by atoms with E-state index in [1.807, 2.05) is 38.1 Å². The number of anilines is 1. The topological polar surface area (TPSA) is 79.1 Å². The van der Waals surface area contributed by atoms with Crippen molar-refractivity contribution < 1.29 is 27.5 Å². The van der Waals surface area contributed by atoms with Crippen LogP contribution in [0.25, 0.3) is 10.8 Å². The molecule has 0 spiro atoms. The molecule has 1 unspecified atom stereocenters. The van der Waals surface area contributed by atoms with E-state index >= 15 is 0 Å². The minimum atomic E-state index is -4.80. The van der Waals surface area contributed by atoms with Crippen LogP contribution < -0.4 is 10.6 Å². The molecule has 10 heteroatoms. The number of rotatable bonds is 8.